The fraction of sp³-hybridized carbons (Fsp3) is 0.372. The first-order valence-corrected chi connectivity index (χ1v) is 23.7. The number of hydrogen-bond donors (Lipinski definition) is 2. The molecule has 16 heteroatoms. The van der Waals surface area contributed by atoms with Crippen molar-refractivity contribution in [1.82, 2.24) is 9.62 Å². The average molecular weight is 890 g/mol. The molecule has 0 radical (unpaired) electrons. The zero-order chi connectivity index (χ0) is 42.6. The highest BCUT2D eigenvalue weighted by Crippen LogP contribution is 2.43. The van der Waals surface area contributed by atoms with E-state index in [1.165, 1.54) is 40.6 Å². The number of hydrogen-bond acceptors (Lipinski definition) is 9. The molecule has 1 fully saturated rings. The Labute approximate surface area is 354 Å². The van der Waals surface area contributed by atoms with Crippen molar-refractivity contribution >= 4 is 66.1 Å². The van der Waals surface area contributed by atoms with Crippen LogP contribution in [0.5, 0.6) is 0 Å². The minimum Gasteiger partial charge on any atom is -0.380 e. The van der Waals surface area contributed by atoms with Crippen molar-refractivity contribution in [2.45, 2.75) is 72.7 Å². The number of sulfonamides is 1. The monoisotopic (exact) mass is 888 g/mol. The molecule has 6 rings (SSSR count). The van der Waals surface area contributed by atoms with E-state index in [9.17, 15) is 34.8 Å². The third-order valence-electron chi connectivity index (χ3n) is 10.8. The number of anilines is 2. The zero-order valence-electron chi connectivity index (χ0n) is 33.1. The van der Waals surface area contributed by atoms with Gasteiger partial charge in [0.1, 0.15) is 4.90 Å². The van der Waals surface area contributed by atoms with Crippen LogP contribution in [0.1, 0.15) is 62.4 Å². The molecule has 59 heavy (non-hydrogen) atoms. The minimum absolute atomic E-state index is 0.000618. The Hall–Kier alpha value is -4.02. The highest BCUT2D eigenvalue weighted by molar-refractivity contribution is 7.99. The molecule has 0 saturated carbocycles. The predicted molar refractivity (Wildman–Crippen MR) is 230 cm³/mol. The predicted octanol–water partition coefficient (Wildman–Crippen LogP) is 9.52. The first-order chi connectivity index (χ1) is 27.8. The van der Waals surface area contributed by atoms with Crippen LogP contribution in [0, 0.1) is 5.41 Å². The maximum absolute atomic E-state index is 13.9. The van der Waals surface area contributed by atoms with Gasteiger partial charge in [0.2, 0.25) is 0 Å². The van der Waals surface area contributed by atoms with Crippen LogP contribution in [0.4, 0.5) is 24.5 Å². The van der Waals surface area contributed by atoms with Gasteiger partial charge in [-0.15, -0.1) is 11.8 Å². The molecule has 1 atom stereocenters. The summed E-state index contributed by atoms with van der Waals surface area (Å²) < 4.78 is 95.8. The van der Waals surface area contributed by atoms with E-state index < -0.39 is 52.8 Å². The number of carbonyl (C=O) groups is 1. The fourth-order valence-corrected chi connectivity index (χ4v) is 10.6. The van der Waals surface area contributed by atoms with Crippen LogP contribution >= 0.6 is 23.4 Å². The Morgan fingerprint density at radius 1 is 0.898 bits per heavy atom. The summed E-state index contributed by atoms with van der Waals surface area (Å²) in [6, 6.07) is 25.7. The Kier molecular flexibility index (Phi) is 13.8. The van der Waals surface area contributed by atoms with Crippen molar-refractivity contribution in [3.63, 3.8) is 0 Å². The van der Waals surface area contributed by atoms with E-state index in [-0.39, 0.29) is 11.0 Å². The third kappa shape index (κ3) is 11.0. The summed E-state index contributed by atoms with van der Waals surface area (Å²) in [6.45, 7) is 10.4. The number of amides is 1. The SMILES string of the molecule is CC[C@H](CSc1ccccc1)Nc1ccc(S(=O)(=O)NC(=O)c2ccc(N3CCN(CC4=C(c5ccc(Cl)cc5)CCC(C)(C)C4)CC3)cc2)cc1S(=O)(=O)C(F)(F)F. The molecule has 0 bridgehead atoms. The second kappa shape index (κ2) is 18.3. The summed E-state index contributed by atoms with van der Waals surface area (Å²) in [6.07, 6.45) is 3.59. The molecule has 1 saturated heterocycles. The van der Waals surface area contributed by atoms with Crippen molar-refractivity contribution in [2.75, 3.05) is 48.7 Å². The second-order valence-corrected chi connectivity index (χ2v) is 20.8. The van der Waals surface area contributed by atoms with Crippen LogP contribution in [0.2, 0.25) is 5.02 Å². The largest absolute Gasteiger partial charge is 0.501 e. The van der Waals surface area contributed by atoms with Gasteiger partial charge in [0, 0.05) is 65.7 Å². The van der Waals surface area contributed by atoms with Crippen molar-refractivity contribution in [1.29, 1.82) is 0 Å². The van der Waals surface area contributed by atoms with E-state index in [1.807, 2.05) is 47.2 Å². The van der Waals surface area contributed by atoms with Crippen LogP contribution in [0.3, 0.4) is 0 Å². The molecule has 2 aliphatic rings. The van der Waals surface area contributed by atoms with Crippen LogP contribution in [0.25, 0.3) is 5.57 Å². The van der Waals surface area contributed by atoms with Gasteiger partial charge in [-0.05, 0) is 109 Å². The molecule has 1 amide bonds. The third-order valence-corrected chi connectivity index (χ3v) is 15.1. The molecular weight excluding hydrogens is 841 g/mol. The minimum atomic E-state index is -6.00. The highest BCUT2D eigenvalue weighted by Gasteiger charge is 2.48. The lowest BCUT2D eigenvalue weighted by molar-refractivity contribution is -0.0435. The first-order valence-electron chi connectivity index (χ1n) is 19.4. The molecule has 0 spiro atoms. The summed E-state index contributed by atoms with van der Waals surface area (Å²) in [5.74, 6) is -0.631. The number of thioether (sulfide) groups is 1. The molecule has 1 aliphatic heterocycles. The van der Waals surface area contributed by atoms with Gasteiger partial charge in [-0.25, -0.2) is 21.6 Å². The molecule has 4 aromatic carbocycles. The molecule has 4 aromatic rings. The topological polar surface area (TPSA) is 116 Å². The van der Waals surface area contributed by atoms with Gasteiger partial charge >= 0.3 is 5.51 Å². The normalized spacial score (nSPS) is 17.1. The standard InChI is InChI=1S/C43H48ClF3N4O5S3/c1-4-34(29-57-36-8-6-5-7-9-36)48-39-19-18-37(26-40(39)58(53,54)43(45,46)47)59(55,56)49-41(52)31-12-16-35(17-13-31)51-24-22-50(23-25-51)28-32-27-42(2,3)21-20-38(32)30-10-14-33(44)15-11-30/h5-19,26,34,48H,4,20-25,27-29H2,1-3H3,(H,49,52)/t34-/m1/s1. The lowest BCUT2D eigenvalue weighted by Gasteiger charge is -2.39. The maximum atomic E-state index is 13.9. The number of carbonyl (C=O) groups excluding carboxylic acids is 1. The smallest absolute Gasteiger partial charge is 0.380 e. The van der Waals surface area contributed by atoms with E-state index in [0.717, 1.165) is 74.7 Å². The fourth-order valence-electron chi connectivity index (χ4n) is 7.39. The van der Waals surface area contributed by atoms with Gasteiger partial charge in [0.25, 0.3) is 25.8 Å². The lowest BCUT2D eigenvalue weighted by Crippen LogP contribution is -2.47. The lowest BCUT2D eigenvalue weighted by atomic mass is 9.73. The van der Waals surface area contributed by atoms with Crippen LogP contribution in [-0.2, 0) is 19.9 Å². The van der Waals surface area contributed by atoms with Gasteiger partial charge in [-0.2, -0.15) is 13.2 Å². The number of piperazine rings is 1. The summed E-state index contributed by atoms with van der Waals surface area (Å²) in [5, 5.41) is 3.58. The van der Waals surface area contributed by atoms with Gasteiger partial charge in [0.15, 0.2) is 0 Å². The van der Waals surface area contributed by atoms with E-state index in [4.69, 9.17) is 11.6 Å². The van der Waals surface area contributed by atoms with Gasteiger partial charge in [0.05, 0.1) is 10.6 Å². The number of halogens is 4. The quantitative estimate of drug-likeness (QED) is 0.120. The number of nitrogens with one attached hydrogen (secondary N) is 2. The van der Waals surface area contributed by atoms with Crippen molar-refractivity contribution < 1.29 is 34.8 Å². The zero-order valence-corrected chi connectivity index (χ0v) is 36.3. The molecule has 1 heterocycles. The Morgan fingerprint density at radius 2 is 1.56 bits per heavy atom. The van der Waals surface area contributed by atoms with Crippen molar-refractivity contribution in [2.24, 2.45) is 5.41 Å². The summed E-state index contributed by atoms with van der Waals surface area (Å²) >= 11 is 7.60. The van der Waals surface area contributed by atoms with Gasteiger partial charge < -0.3 is 10.2 Å². The Bertz CT molecular complexity index is 2370. The summed E-state index contributed by atoms with van der Waals surface area (Å²) in [7, 11) is -10.8. The molecular formula is C43H48ClF3N4O5S3. The number of nitrogens with zero attached hydrogens (tertiary/aromatic N) is 2. The second-order valence-electron chi connectivity index (χ2n) is 15.7. The highest BCUT2D eigenvalue weighted by atomic mass is 35.5. The number of allylic oxidation sites excluding steroid dienone is 1. The Balaban J connectivity index is 1.11. The maximum Gasteiger partial charge on any atom is 0.501 e. The van der Waals surface area contributed by atoms with E-state index in [1.54, 1.807) is 19.1 Å². The van der Waals surface area contributed by atoms with E-state index in [0.29, 0.717) is 23.3 Å². The van der Waals surface area contributed by atoms with Gasteiger partial charge in [-0.1, -0.05) is 68.3 Å². The summed E-state index contributed by atoms with van der Waals surface area (Å²) in [4.78, 5) is 16.7. The number of sulfone groups is 1. The number of alkyl halides is 3. The molecule has 1 aliphatic carbocycles. The van der Waals surface area contributed by atoms with Crippen LogP contribution < -0.4 is 14.9 Å². The average Bonchev–Trinajstić information content (AvgIpc) is 3.20. The number of benzene rings is 4. The summed E-state index contributed by atoms with van der Waals surface area (Å²) in [5.41, 5.74) is -0.976. The van der Waals surface area contributed by atoms with Crippen molar-refractivity contribution in [3.05, 3.63) is 119 Å². The molecule has 9 nitrogen and oxygen atoms in total. The van der Waals surface area contributed by atoms with Gasteiger partial charge in [-0.3, -0.25) is 9.69 Å². The first kappa shape index (κ1) is 44.5. The number of rotatable bonds is 14. The molecule has 0 aromatic heterocycles. The van der Waals surface area contributed by atoms with E-state index >= 15 is 0 Å². The Morgan fingerprint density at radius 3 is 2.19 bits per heavy atom. The van der Waals surface area contributed by atoms with Crippen LogP contribution in [0.15, 0.2) is 117 Å². The van der Waals surface area contributed by atoms with E-state index in [2.05, 4.69) is 41.1 Å². The molecule has 316 valence electrons. The molecule has 0 unspecified atom stereocenters. The molecule has 2 N–H and O–H groups in total. The van der Waals surface area contributed by atoms with Crippen molar-refractivity contribution in [3.8, 4) is 0 Å². The van der Waals surface area contributed by atoms with Crippen LogP contribution in [-0.4, -0.2) is 77.7 Å².